The molecule has 7 rings (SSSR count). The van der Waals surface area contributed by atoms with Gasteiger partial charge in [-0.3, -0.25) is 4.98 Å². The van der Waals surface area contributed by atoms with Crippen LogP contribution in [0.1, 0.15) is 17.0 Å². The number of halogens is 2. The Morgan fingerprint density at radius 1 is 0.347 bits per heavy atom. The predicted molar refractivity (Wildman–Crippen MR) is 207 cm³/mol. The Balaban J connectivity index is 0.00000234. The van der Waals surface area contributed by atoms with Crippen LogP contribution in [0.5, 0.6) is 0 Å². The van der Waals surface area contributed by atoms with Gasteiger partial charge in [-0.2, -0.15) is 0 Å². The van der Waals surface area contributed by atoms with Crippen molar-refractivity contribution in [2.24, 2.45) is 0 Å². The summed E-state index contributed by atoms with van der Waals surface area (Å²) in [7, 11) is -4.08. The van der Waals surface area contributed by atoms with Gasteiger partial charge in [0.15, 0.2) is 0 Å². The first-order valence-electron chi connectivity index (χ1n) is 16.3. The van der Waals surface area contributed by atoms with Crippen LogP contribution < -0.4 is 65.8 Å². The molecule has 0 fully saturated rings. The van der Waals surface area contributed by atoms with Gasteiger partial charge < -0.3 is 34.0 Å². The summed E-state index contributed by atoms with van der Waals surface area (Å²) in [5, 5.41) is 8.31. The molecule has 0 aliphatic heterocycles. The van der Waals surface area contributed by atoms with Gasteiger partial charge in [-0.15, -0.1) is 0 Å². The SMILES string of the molecule is Cc1nc(C[P+](c2ccccc2)(c2ccccc2)c2ccccc2)ccc1C[P+](c1ccccc1)(c1ccccc1)c1ccccc1.[Br-].[Br-]. The van der Waals surface area contributed by atoms with E-state index < -0.39 is 14.5 Å². The minimum atomic E-state index is -2.05. The van der Waals surface area contributed by atoms with Crippen LogP contribution in [0.15, 0.2) is 194 Å². The molecular formula is C44H39Br2NP2. The third-order valence-electron chi connectivity index (χ3n) is 9.24. The van der Waals surface area contributed by atoms with Crippen LogP contribution in [-0.4, -0.2) is 4.98 Å². The van der Waals surface area contributed by atoms with E-state index in [0.717, 1.165) is 23.7 Å². The summed E-state index contributed by atoms with van der Waals surface area (Å²) in [5.41, 5.74) is 3.56. The molecule has 0 aliphatic rings. The molecule has 0 aliphatic carbocycles. The van der Waals surface area contributed by atoms with E-state index in [1.54, 1.807) is 0 Å². The number of benzene rings is 6. The second-order valence-corrected chi connectivity index (χ2v) is 19.0. The number of pyridine rings is 1. The summed E-state index contributed by atoms with van der Waals surface area (Å²) in [5.74, 6) is 0. The monoisotopic (exact) mass is 801 g/mol. The molecule has 6 aromatic carbocycles. The number of hydrogen-bond donors (Lipinski definition) is 0. The van der Waals surface area contributed by atoms with Gasteiger partial charge in [0, 0.05) is 11.3 Å². The summed E-state index contributed by atoms with van der Waals surface area (Å²) in [6.07, 6.45) is 1.78. The Morgan fingerprint density at radius 2 is 0.612 bits per heavy atom. The Morgan fingerprint density at radius 3 is 0.878 bits per heavy atom. The van der Waals surface area contributed by atoms with Crippen LogP contribution in [0.3, 0.4) is 0 Å². The third-order valence-corrected chi connectivity index (χ3v) is 17.9. The van der Waals surface area contributed by atoms with Gasteiger partial charge in [0.25, 0.3) is 0 Å². The fourth-order valence-corrected chi connectivity index (χ4v) is 15.4. The number of aryl methyl sites for hydroxylation is 1. The maximum atomic E-state index is 5.45. The molecule has 244 valence electrons. The van der Waals surface area contributed by atoms with Crippen LogP contribution in [-0.2, 0) is 12.3 Å². The van der Waals surface area contributed by atoms with Crippen molar-refractivity contribution in [2.75, 3.05) is 0 Å². The van der Waals surface area contributed by atoms with Crippen molar-refractivity contribution in [1.29, 1.82) is 0 Å². The van der Waals surface area contributed by atoms with Gasteiger partial charge in [-0.1, -0.05) is 115 Å². The predicted octanol–water partition coefficient (Wildman–Crippen LogP) is 2.39. The zero-order chi connectivity index (χ0) is 31.9. The summed E-state index contributed by atoms with van der Waals surface area (Å²) >= 11 is 0. The van der Waals surface area contributed by atoms with E-state index >= 15 is 0 Å². The second kappa shape index (κ2) is 16.8. The molecule has 1 nitrogen and oxygen atoms in total. The molecule has 0 saturated carbocycles. The smallest absolute Gasteiger partial charge is 0.118 e. The van der Waals surface area contributed by atoms with Gasteiger partial charge in [-0.05, 0) is 85.8 Å². The molecule has 0 bridgehead atoms. The van der Waals surface area contributed by atoms with E-state index in [9.17, 15) is 0 Å². The highest BCUT2D eigenvalue weighted by Crippen LogP contribution is 2.59. The summed E-state index contributed by atoms with van der Waals surface area (Å²) in [6, 6.07) is 71.4. The fraction of sp³-hybridized carbons (Fsp3) is 0.0682. The van der Waals surface area contributed by atoms with Gasteiger partial charge in [0.1, 0.15) is 58.7 Å². The van der Waals surface area contributed by atoms with Crippen molar-refractivity contribution >= 4 is 46.4 Å². The number of nitrogens with zero attached hydrogens (tertiary/aromatic N) is 1. The number of aromatic nitrogens is 1. The highest BCUT2D eigenvalue weighted by molar-refractivity contribution is 7.95. The zero-order valence-corrected chi connectivity index (χ0v) is 32.4. The average Bonchev–Trinajstić information content (AvgIpc) is 3.16. The lowest BCUT2D eigenvalue weighted by Gasteiger charge is -2.29. The first kappa shape index (κ1) is 36.6. The van der Waals surface area contributed by atoms with Crippen molar-refractivity contribution in [3.63, 3.8) is 0 Å². The first-order valence-corrected chi connectivity index (χ1v) is 20.2. The van der Waals surface area contributed by atoms with Crippen LogP contribution in [0.4, 0.5) is 0 Å². The molecule has 0 N–H and O–H groups in total. The molecule has 0 saturated heterocycles. The van der Waals surface area contributed by atoms with E-state index in [1.807, 2.05) is 0 Å². The second-order valence-electron chi connectivity index (χ2n) is 12.0. The van der Waals surface area contributed by atoms with Crippen molar-refractivity contribution < 1.29 is 34.0 Å². The van der Waals surface area contributed by atoms with Crippen LogP contribution in [0.25, 0.3) is 0 Å². The molecule has 0 unspecified atom stereocenters. The molecular weight excluding hydrogens is 764 g/mol. The van der Waals surface area contributed by atoms with Gasteiger partial charge in [-0.25, -0.2) is 0 Å². The minimum Gasteiger partial charge on any atom is -1.00 e. The number of hydrogen-bond acceptors (Lipinski definition) is 1. The summed E-state index contributed by atoms with van der Waals surface area (Å²) in [4.78, 5) is 5.45. The van der Waals surface area contributed by atoms with Gasteiger partial charge in [0.2, 0.25) is 0 Å². The maximum absolute atomic E-state index is 5.45. The van der Waals surface area contributed by atoms with E-state index in [4.69, 9.17) is 4.98 Å². The Labute approximate surface area is 313 Å². The Hall–Kier alpha value is -3.71. The first-order chi connectivity index (χ1) is 23.2. The maximum Gasteiger partial charge on any atom is 0.118 e. The largest absolute Gasteiger partial charge is 1.00 e. The molecule has 0 atom stereocenters. The zero-order valence-electron chi connectivity index (χ0n) is 27.5. The van der Waals surface area contributed by atoms with Crippen LogP contribution >= 0.6 is 14.5 Å². The molecule has 0 spiro atoms. The standard InChI is InChI=1S/C44H39NP2.2BrH/c1-36-37(34-46(39-20-8-2-9-21-39,40-22-10-3-11-23-40)41-24-12-4-13-25-41)32-33-38(45-36)35-47(42-26-14-5-15-27-42,43-28-16-6-17-29-43)44-30-18-7-19-31-44;;/h2-33H,34-35H2,1H3;2*1H/q+2;;/p-2. The average molecular weight is 804 g/mol. The summed E-state index contributed by atoms with van der Waals surface area (Å²) in [6.45, 7) is 2.21. The highest BCUT2D eigenvalue weighted by atomic mass is 79.9. The van der Waals surface area contributed by atoms with Crippen molar-refractivity contribution in [3.8, 4) is 0 Å². The van der Waals surface area contributed by atoms with E-state index in [-0.39, 0.29) is 34.0 Å². The molecule has 5 heteroatoms. The lowest BCUT2D eigenvalue weighted by atomic mass is 10.2. The van der Waals surface area contributed by atoms with E-state index in [0.29, 0.717) is 0 Å². The normalized spacial score (nSPS) is 11.2. The molecule has 0 amide bonds. The topological polar surface area (TPSA) is 12.9 Å². The van der Waals surface area contributed by atoms with Gasteiger partial charge >= 0.3 is 0 Å². The highest BCUT2D eigenvalue weighted by Gasteiger charge is 2.47. The lowest BCUT2D eigenvalue weighted by Crippen LogP contribution is -3.00. The van der Waals surface area contributed by atoms with Crippen molar-refractivity contribution in [1.82, 2.24) is 4.98 Å². The third kappa shape index (κ3) is 7.42. The van der Waals surface area contributed by atoms with Gasteiger partial charge in [0.05, 0.1) is 5.69 Å². The fourth-order valence-electron chi connectivity index (χ4n) is 6.93. The molecule has 1 aromatic heterocycles. The van der Waals surface area contributed by atoms with Crippen LogP contribution in [0, 0.1) is 6.92 Å². The summed E-state index contributed by atoms with van der Waals surface area (Å²) < 4.78 is 0. The Kier molecular flexibility index (Phi) is 12.5. The number of rotatable bonds is 10. The molecule has 49 heavy (non-hydrogen) atoms. The van der Waals surface area contributed by atoms with E-state index in [1.165, 1.54) is 37.4 Å². The Bertz CT molecular complexity index is 1830. The quantitative estimate of drug-likeness (QED) is 0.194. The van der Waals surface area contributed by atoms with E-state index in [2.05, 4.69) is 201 Å². The van der Waals surface area contributed by atoms with Crippen LogP contribution in [0.2, 0.25) is 0 Å². The van der Waals surface area contributed by atoms with Crippen molar-refractivity contribution in [2.45, 2.75) is 19.2 Å². The minimum absolute atomic E-state index is 0. The van der Waals surface area contributed by atoms with Crippen molar-refractivity contribution in [3.05, 3.63) is 211 Å². The molecule has 1 heterocycles. The molecule has 0 radical (unpaired) electrons. The lowest BCUT2D eigenvalue weighted by molar-refractivity contribution is -0.001000. The molecule has 7 aromatic rings.